The van der Waals surface area contributed by atoms with Gasteiger partial charge in [-0.15, -0.1) is 0 Å². The van der Waals surface area contributed by atoms with E-state index in [4.69, 9.17) is 0 Å². The van der Waals surface area contributed by atoms with Gasteiger partial charge in [0.15, 0.2) is 0 Å². The molecule has 19 heavy (non-hydrogen) atoms. The average Bonchev–Trinajstić information content (AvgIpc) is 2.98. The summed E-state index contributed by atoms with van der Waals surface area (Å²) in [6.45, 7) is 4.25. The molecule has 1 aromatic heterocycles. The van der Waals surface area contributed by atoms with E-state index in [0.29, 0.717) is 11.8 Å². The minimum atomic E-state index is -0.192. The highest BCUT2D eigenvalue weighted by molar-refractivity contribution is 5.92. The highest BCUT2D eigenvalue weighted by Crippen LogP contribution is 2.33. The molecule has 4 rings (SSSR count). The Morgan fingerprint density at radius 2 is 1.95 bits per heavy atom. The molecule has 1 aromatic carbocycles. The molecule has 0 spiro atoms. The van der Waals surface area contributed by atoms with Crippen LogP contribution in [-0.2, 0) is 0 Å². The quantitative estimate of drug-likeness (QED) is 0.847. The number of hydrogen-bond donors (Lipinski definition) is 1. The summed E-state index contributed by atoms with van der Waals surface area (Å²) in [7, 11) is 0. The maximum absolute atomic E-state index is 13.5. The Morgan fingerprint density at radius 1 is 1.16 bits per heavy atom. The average molecular weight is 257 g/mol. The molecule has 1 N–H and O–H groups in total. The van der Waals surface area contributed by atoms with E-state index in [-0.39, 0.29) is 5.82 Å². The summed E-state index contributed by atoms with van der Waals surface area (Å²) in [5.74, 6) is 2.17. The molecule has 2 aliphatic heterocycles. The van der Waals surface area contributed by atoms with E-state index >= 15 is 0 Å². The maximum Gasteiger partial charge on any atom is 0.136 e. The Morgan fingerprint density at radius 3 is 2.74 bits per heavy atom. The van der Waals surface area contributed by atoms with Gasteiger partial charge in [-0.3, -0.25) is 0 Å². The van der Waals surface area contributed by atoms with Crippen LogP contribution in [0, 0.1) is 17.7 Å². The molecule has 2 fully saturated rings. The second kappa shape index (κ2) is 4.17. The van der Waals surface area contributed by atoms with Gasteiger partial charge in [-0.2, -0.15) is 0 Å². The summed E-state index contributed by atoms with van der Waals surface area (Å²) >= 11 is 0. The fourth-order valence-corrected chi connectivity index (χ4v) is 3.41. The number of pyridine rings is 1. The predicted octanol–water partition coefficient (Wildman–Crippen LogP) is 2.03. The van der Waals surface area contributed by atoms with Crippen LogP contribution in [0.3, 0.4) is 0 Å². The summed E-state index contributed by atoms with van der Waals surface area (Å²) in [4.78, 5) is 6.81. The first-order chi connectivity index (χ1) is 9.31. The van der Waals surface area contributed by atoms with E-state index in [1.807, 2.05) is 18.3 Å². The van der Waals surface area contributed by atoms with E-state index in [1.165, 1.54) is 6.07 Å². The molecule has 2 saturated heterocycles. The van der Waals surface area contributed by atoms with E-state index in [9.17, 15) is 4.39 Å². The monoisotopic (exact) mass is 257 g/mol. The minimum absolute atomic E-state index is 0.192. The molecule has 0 radical (unpaired) electrons. The Kier molecular flexibility index (Phi) is 2.45. The smallest absolute Gasteiger partial charge is 0.136 e. The molecule has 0 amide bonds. The zero-order valence-corrected chi connectivity index (χ0v) is 10.6. The molecule has 0 bridgehead atoms. The van der Waals surface area contributed by atoms with Crippen LogP contribution in [0.4, 0.5) is 10.2 Å². The van der Waals surface area contributed by atoms with Crippen LogP contribution in [0.5, 0.6) is 0 Å². The number of halogens is 1. The van der Waals surface area contributed by atoms with Crippen LogP contribution in [0.25, 0.3) is 10.8 Å². The number of nitrogens with zero attached hydrogens (tertiary/aromatic N) is 2. The van der Waals surface area contributed by atoms with Crippen molar-refractivity contribution in [3.05, 3.63) is 36.3 Å². The number of rotatable bonds is 1. The SMILES string of the molecule is Fc1ccc2ccnc(N3C[C@H]4CNC[C@H]4C3)c2c1. The van der Waals surface area contributed by atoms with Crippen LogP contribution in [0.1, 0.15) is 0 Å². The van der Waals surface area contributed by atoms with Crippen molar-refractivity contribution in [2.75, 3.05) is 31.1 Å². The molecule has 2 aliphatic rings. The number of benzene rings is 1. The number of anilines is 1. The van der Waals surface area contributed by atoms with Crippen LogP contribution >= 0.6 is 0 Å². The largest absolute Gasteiger partial charge is 0.355 e. The molecule has 0 aliphatic carbocycles. The molecule has 4 heteroatoms. The Labute approximate surface area is 111 Å². The Hall–Kier alpha value is -1.68. The van der Waals surface area contributed by atoms with E-state index in [1.54, 1.807) is 6.07 Å². The molecule has 2 aromatic rings. The summed E-state index contributed by atoms with van der Waals surface area (Å²) in [6, 6.07) is 6.88. The van der Waals surface area contributed by atoms with Crippen molar-refractivity contribution in [3.8, 4) is 0 Å². The van der Waals surface area contributed by atoms with Gasteiger partial charge in [0.1, 0.15) is 11.6 Å². The Bertz CT molecular complexity index is 616. The van der Waals surface area contributed by atoms with E-state index in [0.717, 1.165) is 42.8 Å². The third kappa shape index (κ3) is 1.78. The lowest BCUT2D eigenvalue weighted by atomic mass is 10.0. The van der Waals surface area contributed by atoms with Crippen molar-refractivity contribution < 1.29 is 4.39 Å². The normalized spacial score (nSPS) is 26.1. The van der Waals surface area contributed by atoms with Gasteiger partial charge < -0.3 is 10.2 Å². The summed E-state index contributed by atoms with van der Waals surface area (Å²) in [6.07, 6.45) is 1.82. The van der Waals surface area contributed by atoms with Gasteiger partial charge in [0.25, 0.3) is 0 Å². The second-order valence-electron chi connectivity index (χ2n) is 5.58. The van der Waals surface area contributed by atoms with Crippen LogP contribution in [0.2, 0.25) is 0 Å². The Balaban J connectivity index is 1.77. The molecule has 3 heterocycles. The standard InChI is InChI=1S/C15H16FN3/c16-13-2-1-10-3-4-18-15(14(10)5-13)19-8-11-6-17-7-12(11)9-19/h1-5,11-12,17H,6-9H2/t11-,12+. The first-order valence-corrected chi connectivity index (χ1v) is 6.81. The lowest BCUT2D eigenvalue weighted by Gasteiger charge is -2.20. The first-order valence-electron chi connectivity index (χ1n) is 6.81. The topological polar surface area (TPSA) is 28.2 Å². The van der Waals surface area contributed by atoms with Crippen molar-refractivity contribution >= 4 is 16.6 Å². The van der Waals surface area contributed by atoms with Gasteiger partial charge >= 0.3 is 0 Å². The van der Waals surface area contributed by atoms with Crippen molar-refractivity contribution in [1.82, 2.24) is 10.3 Å². The summed E-state index contributed by atoms with van der Waals surface area (Å²) in [5.41, 5.74) is 0. The lowest BCUT2D eigenvalue weighted by molar-refractivity contribution is 0.533. The lowest BCUT2D eigenvalue weighted by Crippen LogP contribution is -2.26. The van der Waals surface area contributed by atoms with Crippen LogP contribution in [-0.4, -0.2) is 31.2 Å². The number of hydrogen-bond acceptors (Lipinski definition) is 3. The van der Waals surface area contributed by atoms with Gasteiger partial charge in [-0.1, -0.05) is 6.07 Å². The van der Waals surface area contributed by atoms with Crippen molar-refractivity contribution in [2.24, 2.45) is 11.8 Å². The van der Waals surface area contributed by atoms with Crippen LogP contribution < -0.4 is 10.2 Å². The molecular formula is C15H16FN3. The van der Waals surface area contributed by atoms with E-state index in [2.05, 4.69) is 15.2 Å². The second-order valence-corrected chi connectivity index (χ2v) is 5.58. The predicted molar refractivity (Wildman–Crippen MR) is 73.8 cm³/mol. The van der Waals surface area contributed by atoms with Gasteiger partial charge in [0.2, 0.25) is 0 Å². The zero-order chi connectivity index (χ0) is 12.8. The van der Waals surface area contributed by atoms with Gasteiger partial charge in [0, 0.05) is 37.8 Å². The molecule has 3 nitrogen and oxygen atoms in total. The molecule has 0 saturated carbocycles. The zero-order valence-electron chi connectivity index (χ0n) is 10.6. The fourth-order valence-electron chi connectivity index (χ4n) is 3.41. The van der Waals surface area contributed by atoms with Gasteiger partial charge in [-0.25, -0.2) is 9.37 Å². The summed E-state index contributed by atoms with van der Waals surface area (Å²) < 4.78 is 13.5. The first kappa shape index (κ1) is 11.2. The number of nitrogens with one attached hydrogen (secondary N) is 1. The number of aromatic nitrogens is 1. The molecule has 0 unspecified atom stereocenters. The fraction of sp³-hybridized carbons (Fsp3) is 0.400. The summed E-state index contributed by atoms with van der Waals surface area (Å²) in [5, 5.41) is 5.42. The minimum Gasteiger partial charge on any atom is -0.355 e. The maximum atomic E-state index is 13.5. The van der Waals surface area contributed by atoms with Crippen molar-refractivity contribution in [2.45, 2.75) is 0 Å². The van der Waals surface area contributed by atoms with Crippen LogP contribution in [0.15, 0.2) is 30.5 Å². The molecule has 98 valence electrons. The highest BCUT2D eigenvalue weighted by atomic mass is 19.1. The van der Waals surface area contributed by atoms with E-state index < -0.39 is 0 Å². The third-order valence-corrected chi connectivity index (χ3v) is 4.40. The number of fused-ring (bicyclic) bond motifs is 2. The molecular weight excluding hydrogens is 241 g/mol. The van der Waals surface area contributed by atoms with Gasteiger partial charge in [0.05, 0.1) is 0 Å². The van der Waals surface area contributed by atoms with Crippen molar-refractivity contribution in [3.63, 3.8) is 0 Å². The highest BCUT2D eigenvalue weighted by Gasteiger charge is 2.36. The molecule has 2 atom stereocenters. The van der Waals surface area contributed by atoms with Crippen molar-refractivity contribution in [1.29, 1.82) is 0 Å². The third-order valence-electron chi connectivity index (χ3n) is 4.40. The van der Waals surface area contributed by atoms with Gasteiger partial charge in [-0.05, 0) is 35.4 Å².